The van der Waals surface area contributed by atoms with Crippen molar-refractivity contribution in [2.45, 2.75) is 18.9 Å². The summed E-state index contributed by atoms with van der Waals surface area (Å²) in [5, 5.41) is 5.42. The van der Waals surface area contributed by atoms with E-state index in [0.717, 1.165) is 5.56 Å². The van der Waals surface area contributed by atoms with E-state index in [0.29, 0.717) is 36.0 Å². The SMILES string of the molecule is CN1C(=O)NCC1C(=O)Nc1cc(Oc2ccc(C(F)F)cc2)cc2c1OCC2. The van der Waals surface area contributed by atoms with Gasteiger partial charge in [-0.3, -0.25) is 4.79 Å². The number of urea groups is 1. The Morgan fingerprint density at radius 1 is 1.28 bits per heavy atom. The smallest absolute Gasteiger partial charge is 0.317 e. The number of fused-ring (bicyclic) bond motifs is 1. The van der Waals surface area contributed by atoms with Crippen LogP contribution in [0.25, 0.3) is 0 Å². The van der Waals surface area contributed by atoms with Crippen LogP contribution in [-0.2, 0) is 11.2 Å². The molecule has 0 spiro atoms. The number of anilines is 1. The summed E-state index contributed by atoms with van der Waals surface area (Å²) in [6.45, 7) is 0.699. The third-order valence-corrected chi connectivity index (χ3v) is 4.92. The quantitative estimate of drug-likeness (QED) is 0.803. The van der Waals surface area contributed by atoms with E-state index < -0.39 is 12.5 Å². The first-order valence-electron chi connectivity index (χ1n) is 9.09. The summed E-state index contributed by atoms with van der Waals surface area (Å²) < 4.78 is 36.8. The summed E-state index contributed by atoms with van der Waals surface area (Å²) in [4.78, 5) is 25.6. The lowest BCUT2D eigenvalue weighted by Gasteiger charge is -2.19. The van der Waals surface area contributed by atoms with Gasteiger partial charge in [-0.05, 0) is 30.3 Å². The molecule has 29 heavy (non-hydrogen) atoms. The van der Waals surface area contributed by atoms with Gasteiger partial charge in [-0.25, -0.2) is 13.6 Å². The first-order chi connectivity index (χ1) is 13.9. The Bertz CT molecular complexity index is 949. The van der Waals surface area contributed by atoms with Crippen LogP contribution >= 0.6 is 0 Å². The summed E-state index contributed by atoms with van der Waals surface area (Å²) in [5.41, 5.74) is 1.23. The van der Waals surface area contributed by atoms with Gasteiger partial charge in [0.05, 0.1) is 12.3 Å². The normalized spacial score (nSPS) is 17.7. The minimum absolute atomic E-state index is 0.0866. The highest BCUT2D eigenvalue weighted by Gasteiger charge is 2.34. The summed E-state index contributed by atoms with van der Waals surface area (Å²) in [6.07, 6.45) is -1.89. The summed E-state index contributed by atoms with van der Waals surface area (Å²) in [6, 6.07) is 8.02. The maximum Gasteiger partial charge on any atom is 0.317 e. The van der Waals surface area contributed by atoms with Crippen molar-refractivity contribution in [1.29, 1.82) is 0 Å². The zero-order valence-electron chi connectivity index (χ0n) is 15.6. The number of ether oxygens (including phenoxy) is 2. The molecule has 1 atom stereocenters. The molecule has 1 fully saturated rings. The number of halogens is 2. The molecule has 0 aliphatic carbocycles. The molecule has 2 aliphatic rings. The average Bonchev–Trinajstić information content (AvgIpc) is 3.29. The van der Waals surface area contributed by atoms with Crippen molar-refractivity contribution in [2.24, 2.45) is 0 Å². The molecule has 7 nitrogen and oxygen atoms in total. The molecule has 1 saturated heterocycles. The van der Waals surface area contributed by atoms with E-state index in [1.165, 1.54) is 29.2 Å². The second kappa shape index (κ2) is 7.57. The highest BCUT2D eigenvalue weighted by atomic mass is 19.3. The standard InChI is InChI=1S/C20H19F2N3O4/c1-25-16(10-23-20(25)27)19(26)24-15-9-14(8-12-6-7-28-17(12)15)29-13-4-2-11(3-5-13)18(21)22/h2-5,8-9,16,18H,6-7,10H2,1H3,(H,23,27)(H,24,26). The largest absolute Gasteiger partial charge is 0.491 e. The minimum Gasteiger partial charge on any atom is -0.491 e. The van der Waals surface area contributed by atoms with Crippen LogP contribution in [0.4, 0.5) is 19.3 Å². The van der Waals surface area contributed by atoms with Gasteiger partial charge in [0.15, 0.2) is 0 Å². The number of benzene rings is 2. The van der Waals surface area contributed by atoms with Gasteiger partial charge in [-0.15, -0.1) is 0 Å². The Labute approximate surface area is 165 Å². The summed E-state index contributed by atoms with van der Waals surface area (Å²) in [7, 11) is 1.55. The van der Waals surface area contributed by atoms with Crippen LogP contribution in [0.1, 0.15) is 17.6 Å². The van der Waals surface area contributed by atoms with Gasteiger partial charge in [0, 0.05) is 37.2 Å². The Morgan fingerprint density at radius 3 is 2.69 bits per heavy atom. The number of hydrogen-bond acceptors (Lipinski definition) is 4. The lowest BCUT2D eigenvalue weighted by Crippen LogP contribution is -2.40. The Balaban J connectivity index is 1.56. The third kappa shape index (κ3) is 3.80. The number of likely N-dealkylation sites (N-methyl/N-ethyl adjacent to an activating group) is 1. The van der Waals surface area contributed by atoms with Gasteiger partial charge >= 0.3 is 6.03 Å². The molecule has 1 unspecified atom stereocenters. The van der Waals surface area contributed by atoms with Crippen molar-refractivity contribution in [1.82, 2.24) is 10.2 Å². The van der Waals surface area contributed by atoms with Gasteiger partial charge in [0.1, 0.15) is 23.3 Å². The number of rotatable bonds is 5. The van der Waals surface area contributed by atoms with Crippen molar-refractivity contribution in [2.75, 3.05) is 25.5 Å². The van der Waals surface area contributed by atoms with Gasteiger partial charge in [0.2, 0.25) is 5.91 Å². The molecule has 2 aromatic rings. The van der Waals surface area contributed by atoms with Crippen molar-refractivity contribution < 1.29 is 27.8 Å². The van der Waals surface area contributed by atoms with Crippen molar-refractivity contribution in [3.8, 4) is 17.2 Å². The van der Waals surface area contributed by atoms with Gasteiger partial charge in [0.25, 0.3) is 6.43 Å². The molecule has 2 aromatic carbocycles. The molecule has 2 aliphatic heterocycles. The summed E-state index contributed by atoms with van der Waals surface area (Å²) >= 11 is 0. The van der Waals surface area contributed by atoms with E-state index in [2.05, 4.69) is 10.6 Å². The number of carbonyl (C=O) groups is 2. The number of amides is 3. The lowest BCUT2D eigenvalue weighted by atomic mass is 10.1. The molecule has 3 amide bonds. The van der Waals surface area contributed by atoms with Gasteiger partial charge in [-0.1, -0.05) is 0 Å². The maximum atomic E-state index is 12.7. The van der Waals surface area contributed by atoms with E-state index >= 15 is 0 Å². The Kier molecular flexibility index (Phi) is 4.96. The fourth-order valence-corrected chi connectivity index (χ4v) is 3.32. The van der Waals surface area contributed by atoms with Crippen LogP contribution in [0.5, 0.6) is 17.2 Å². The van der Waals surface area contributed by atoms with E-state index in [-0.39, 0.29) is 24.0 Å². The zero-order chi connectivity index (χ0) is 20.5. The van der Waals surface area contributed by atoms with Crippen LogP contribution < -0.4 is 20.1 Å². The molecule has 0 radical (unpaired) electrons. The third-order valence-electron chi connectivity index (χ3n) is 4.92. The molecule has 152 valence electrons. The highest BCUT2D eigenvalue weighted by Crippen LogP contribution is 2.39. The average molecular weight is 403 g/mol. The second-order valence-electron chi connectivity index (χ2n) is 6.83. The first kappa shape index (κ1) is 19.0. The number of nitrogens with zero attached hydrogens (tertiary/aromatic N) is 1. The van der Waals surface area contributed by atoms with Crippen LogP contribution in [0.2, 0.25) is 0 Å². The second-order valence-corrected chi connectivity index (χ2v) is 6.83. The predicted octanol–water partition coefficient (Wildman–Crippen LogP) is 3.31. The van der Waals surface area contributed by atoms with E-state index in [9.17, 15) is 18.4 Å². The Hall–Kier alpha value is -3.36. The Morgan fingerprint density at radius 2 is 2.03 bits per heavy atom. The molecule has 0 aromatic heterocycles. The van der Waals surface area contributed by atoms with Crippen LogP contribution in [-0.4, -0.2) is 43.1 Å². The highest BCUT2D eigenvalue weighted by molar-refractivity contribution is 6.00. The van der Waals surface area contributed by atoms with Crippen LogP contribution in [0, 0.1) is 0 Å². The zero-order valence-corrected chi connectivity index (χ0v) is 15.6. The molecule has 2 heterocycles. The molecule has 2 N–H and O–H groups in total. The van der Waals surface area contributed by atoms with Crippen molar-refractivity contribution >= 4 is 17.6 Å². The maximum absolute atomic E-state index is 12.7. The fourth-order valence-electron chi connectivity index (χ4n) is 3.32. The number of carbonyl (C=O) groups excluding carboxylic acids is 2. The lowest BCUT2D eigenvalue weighted by molar-refractivity contribution is -0.119. The number of hydrogen-bond donors (Lipinski definition) is 2. The van der Waals surface area contributed by atoms with Crippen molar-refractivity contribution in [3.63, 3.8) is 0 Å². The minimum atomic E-state index is -2.54. The van der Waals surface area contributed by atoms with E-state index in [1.807, 2.05) is 0 Å². The van der Waals surface area contributed by atoms with Crippen molar-refractivity contribution in [3.05, 3.63) is 47.5 Å². The van der Waals surface area contributed by atoms with Gasteiger partial charge < -0.3 is 25.0 Å². The number of nitrogens with one attached hydrogen (secondary N) is 2. The predicted molar refractivity (Wildman–Crippen MR) is 101 cm³/mol. The topological polar surface area (TPSA) is 79.9 Å². The molecule has 0 bridgehead atoms. The van der Waals surface area contributed by atoms with E-state index in [1.54, 1.807) is 19.2 Å². The van der Waals surface area contributed by atoms with Gasteiger partial charge in [-0.2, -0.15) is 0 Å². The first-order valence-corrected chi connectivity index (χ1v) is 9.09. The van der Waals surface area contributed by atoms with E-state index in [4.69, 9.17) is 9.47 Å². The summed E-state index contributed by atoms with van der Waals surface area (Å²) in [5.74, 6) is 1.07. The van der Waals surface area contributed by atoms with Crippen LogP contribution in [0.3, 0.4) is 0 Å². The molecular formula is C20H19F2N3O4. The molecule has 0 saturated carbocycles. The van der Waals surface area contributed by atoms with Crippen LogP contribution in [0.15, 0.2) is 36.4 Å². The molecular weight excluding hydrogens is 384 g/mol. The fraction of sp³-hybridized carbons (Fsp3) is 0.300. The molecule has 9 heteroatoms. The monoisotopic (exact) mass is 403 g/mol. The molecule has 4 rings (SSSR count). The number of alkyl halides is 2.